The molecular weight excluding hydrogens is 306 g/mol. The van der Waals surface area contributed by atoms with E-state index in [2.05, 4.69) is 4.98 Å². The van der Waals surface area contributed by atoms with Gasteiger partial charge in [-0.3, -0.25) is 4.31 Å². The largest absolute Gasteiger partial charge is 0.275 e. The molecule has 0 aliphatic rings. The first-order chi connectivity index (χ1) is 8.96. The van der Waals surface area contributed by atoms with Crippen LogP contribution in [-0.2, 0) is 10.0 Å². The van der Waals surface area contributed by atoms with E-state index in [0.717, 1.165) is 15.6 Å². The average molecular weight is 314 g/mol. The van der Waals surface area contributed by atoms with Crippen molar-refractivity contribution < 1.29 is 8.42 Å². The first-order valence-electron chi connectivity index (χ1n) is 5.06. The highest BCUT2D eigenvalue weighted by atomic mass is 35.5. The molecule has 98 valence electrons. The van der Waals surface area contributed by atoms with Gasteiger partial charge in [0.1, 0.15) is 6.07 Å². The third-order valence-corrected chi connectivity index (χ3v) is 5.76. The molecule has 0 N–H and O–H groups in total. The molecular formula is C11H8ClN3O2S2. The number of nitrogens with zero attached hydrogens (tertiary/aromatic N) is 3. The lowest BCUT2D eigenvalue weighted by Crippen LogP contribution is -2.26. The number of aromatic nitrogens is 1. The highest BCUT2D eigenvalue weighted by molar-refractivity contribution is 7.94. The summed E-state index contributed by atoms with van der Waals surface area (Å²) >= 11 is 6.52. The van der Waals surface area contributed by atoms with Crippen molar-refractivity contribution in [3.05, 3.63) is 40.5 Å². The van der Waals surface area contributed by atoms with E-state index in [9.17, 15) is 8.42 Å². The Hall–Kier alpha value is -1.62. The van der Waals surface area contributed by atoms with Gasteiger partial charge in [-0.2, -0.15) is 5.26 Å². The topological polar surface area (TPSA) is 74.1 Å². The van der Waals surface area contributed by atoms with E-state index in [1.807, 2.05) is 6.07 Å². The van der Waals surface area contributed by atoms with Crippen LogP contribution in [0.25, 0.3) is 0 Å². The van der Waals surface area contributed by atoms with Crippen molar-refractivity contribution in [2.75, 3.05) is 11.4 Å². The second-order valence-corrected chi connectivity index (χ2v) is 7.34. The van der Waals surface area contributed by atoms with Gasteiger partial charge in [0, 0.05) is 7.05 Å². The van der Waals surface area contributed by atoms with Crippen LogP contribution in [0.15, 0.2) is 34.7 Å². The fourth-order valence-electron chi connectivity index (χ4n) is 1.47. The Balaban J connectivity index is 2.50. The van der Waals surface area contributed by atoms with Crippen molar-refractivity contribution in [1.82, 2.24) is 4.98 Å². The van der Waals surface area contributed by atoms with Crippen LogP contribution >= 0.6 is 22.9 Å². The van der Waals surface area contributed by atoms with Gasteiger partial charge in [0.2, 0.25) is 0 Å². The number of rotatable bonds is 3. The lowest BCUT2D eigenvalue weighted by atomic mass is 10.2. The maximum atomic E-state index is 12.3. The number of halogens is 1. The monoisotopic (exact) mass is 313 g/mol. The molecule has 2 rings (SSSR count). The predicted molar refractivity (Wildman–Crippen MR) is 73.9 cm³/mol. The minimum atomic E-state index is -3.75. The summed E-state index contributed by atoms with van der Waals surface area (Å²) in [4.78, 5) is 3.71. The number of nitriles is 1. The summed E-state index contributed by atoms with van der Waals surface area (Å²) in [5.41, 5.74) is 0.596. The number of hydrogen-bond acceptors (Lipinski definition) is 5. The fourth-order valence-corrected chi connectivity index (χ4v) is 4.15. The molecule has 0 aliphatic heterocycles. The minimum absolute atomic E-state index is 0.0349. The van der Waals surface area contributed by atoms with Gasteiger partial charge in [0.15, 0.2) is 8.68 Å². The molecule has 0 aliphatic carbocycles. The van der Waals surface area contributed by atoms with Gasteiger partial charge in [-0.25, -0.2) is 13.4 Å². The normalized spacial score (nSPS) is 11.0. The molecule has 0 atom stereocenters. The van der Waals surface area contributed by atoms with Crippen molar-refractivity contribution in [2.45, 2.75) is 4.21 Å². The summed E-state index contributed by atoms with van der Waals surface area (Å²) in [5.74, 6) is 0. The number of hydrogen-bond donors (Lipinski definition) is 0. The average Bonchev–Trinajstić information content (AvgIpc) is 2.85. The van der Waals surface area contributed by atoms with Crippen molar-refractivity contribution in [1.29, 1.82) is 5.26 Å². The Morgan fingerprint density at radius 1 is 1.42 bits per heavy atom. The van der Waals surface area contributed by atoms with Crippen LogP contribution in [0.3, 0.4) is 0 Å². The van der Waals surface area contributed by atoms with Gasteiger partial charge in [0.25, 0.3) is 10.0 Å². The van der Waals surface area contributed by atoms with E-state index in [1.54, 1.807) is 24.3 Å². The van der Waals surface area contributed by atoms with Crippen LogP contribution in [0.1, 0.15) is 5.56 Å². The summed E-state index contributed by atoms with van der Waals surface area (Å²) in [5, 5.41) is 9.01. The van der Waals surface area contributed by atoms with Crippen molar-refractivity contribution in [3.8, 4) is 6.07 Å². The maximum absolute atomic E-state index is 12.3. The molecule has 0 fully saturated rings. The van der Waals surface area contributed by atoms with Crippen LogP contribution in [0.2, 0.25) is 4.47 Å². The SMILES string of the molecule is CN(c1ccccc1C#N)S(=O)(=O)c1cnc(Cl)s1. The van der Waals surface area contributed by atoms with E-state index >= 15 is 0 Å². The van der Waals surface area contributed by atoms with E-state index < -0.39 is 10.0 Å². The zero-order chi connectivity index (χ0) is 14.0. The van der Waals surface area contributed by atoms with Gasteiger partial charge in [-0.1, -0.05) is 35.1 Å². The zero-order valence-electron chi connectivity index (χ0n) is 9.74. The van der Waals surface area contributed by atoms with E-state index in [-0.39, 0.29) is 14.2 Å². The molecule has 1 aromatic carbocycles. The van der Waals surface area contributed by atoms with E-state index in [1.165, 1.54) is 13.2 Å². The molecule has 0 spiro atoms. The zero-order valence-corrected chi connectivity index (χ0v) is 12.1. The van der Waals surface area contributed by atoms with Crippen LogP contribution in [0.4, 0.5) is 5.69 Å². The second-order valence-electron chi connectivity index (χ2n) is 3.53. The van der Waals surface area contributed by atoms with Crippen LogP contribution < -0.4 is 4.31 Å². The van der Waals surface area contributed by atoms with Crippen molar-refractivity contribution in [3.63, 3.8) is 0 Å². The van der Waals surface area contributed by atoms with Gasteiger partial charge in [-0.15, -0.1) is 0 Å². The second kappa shape index (κ2) is 5.17. The number of thiazole rings is 1. The summed E-state index contributed by atoms with van der Waals surface area (Å²) in [6.07, 6.45) is 1.20. The standard InChI is InChI=1S/C11H8ClN3O2S2/c1-15(9-5-3-2-4-8(9)6-13)19(16,17)10-7-14-11(12)18-10/h2-5,7H,1H3. The Morgan fingerprint density at radius 2 is 2.11 bits per heavy atom. The summed E-state index contributed by atoms with van der Waals surface area (Å²) in [6.45, 7) is 0. The fraction of sp³-hybridized carbons (Fsp3) is 0.0909. The van der Waals surface area contributed by atoms with E-state index in [4.69, 9.17) is 16.9 Å². The molecule has 0 saturated heterocycles. The third kappa shape index (κ3) is 2.56. The molecule has 0 unspecified atom stereocenters. The molecule has 5 nitrogen and oxygen atoms in total. The third-order valence-electron chi connectivity index (χ3n) is 2.43. The Morgan fingerprint density at radius 3 is 2.68 bits per heavy atom. The predicted octanol–water partition coefficient (Wildman–Crippen LogP) is 2.49. The Bertz CT molecular complexity index is 749. The van der Waals surface area contributed by atoms with Crippen LogP contribution in [0.5, 0.6) is 0 Å². The lowest BCUT2D eigenvalue weighted by Gasteiger charge is -2.19. The molecule has 0 saturated carbocycles. The summed E-state index contributed by atoms with van der Waals surface area (Å²) in [6, 6.07) is 8.43. The number of benzene rings is 1. The van der Waals surface area contributed by atoms with Gasteiger partial charge >= 0.3 is 0 Å². The van der Waals surface area contributed by atoms with Gasteiger partial charge < -0.3 is 0 Å². The minimum Gasteiger partial charge on any atom is -0.267 e. The summed E-state index contributed by atoms with van der Waals surface area (Å²) in [7, 11) is -2.36. The molecule has 2 aromatic rings. The molecule has 0 bridgehead atoms. The molecule has 19 heavy (non-hydrogen) atoms. The smallest absolute Gasteiger partial charge is 0.267 e. The Labute approximate surface area is 119 Å². The first-order valence-corrected chi connectivity index (χ1v) is 7.69. The van der Waals surface area contributed by atoms with Crippen LogP contribution in [-0.4, -0.2) is 20.4 Å². The molecule has 8 heteroatoms. The van der Waals surface area contributed by atoms with Crippen LogP contribution in [0, 0.1) is 11.3 Å². The van der Waals surface area contributed by atoms with Crippen molar-refractivity contribution in [2.24, 2.45) is 0 Å². The van der Waals surface area contributed by atoms with Crippen molar-refractivity contribution >= 4 is 38.6 Å². The first kappa shape index (κ1) is 13.8. The highest BCUT2D eigenvalue weighted by Crippen LogP contribution is 2.29. The van der Waals surface area contributed by atoms with Gasteiger partial charge in [0.05, 0.1) is 17.4 Å². The highest BCUT2D eigenvalue weighted by Gasteiger charge is 2.25. The van der Waals surface area contributed by atoms with E-state index in [0.29, 0.717) is 5.69 Å². The molecule has 0 amide bonds. The number of para-hydroxylation sites is 1. The molecule has 1 heterocycles. The molecule has 0 radical (unpaired) electrons. The maximum Gasteiger partial charge on any atom is 0.275 e. The molecule has 1 aromatic heterocycles. The quantitative estimate of drug-likeness (QED) is 0.872. The number of sulfonamides is 1. The number of anilines is 1. The van der Waals surface area contributed by atoms with Gasteiger partial charge in [-0.05, 0) is 12.1 Å². The summed E-state index contributed by atoms with van der Waals surface area (Å²) < 4.78 is 25.9. The Kier molecular flexibility index (Phi) is 3.75. The lowest BCUT2D eigenvalue weighted by molar-refractivity contribution is 0.596.